The standard InChI is InChI=1S/C20H24N4O4/c1-19(2,3)28-18(27)22-20(11-12-20)17(26)23-24-13-7-10-15(24)16(25)21-14-8-5-4-6-9-14/h4-10,13H,11-12H2,1-3H3,(H,21,25)(H,22,27)(H,23,26). The van der Waals surface area contributed by atoms with Crippen LogP contribution in [-0.4, -0.2) is 33.7 Å². The van der Waals surface area contributed by atoms with Crippen molar-refractivity contribution in [1.29, 1.82) is 0 Å². The van der Waals surface area contributed by atoms with E-state index in [1.807, 2.05) is 18.2 Å². The Morgan fingerprint density at radius 3 is 2.32 bits per heavy atom. The van der Waals surface area contributed by atoms with Gasteiger partial charge in [0.1, 0.15) is 16.8 Å². The van der Waals surface area contributed by atoms with Crippen molar-refractivity contribution in [3.8, 4) is 0 Å². The summed E-state index contributed by atoms with van der Waals surface area (Å²) in [4.78, 5) is 37.2. The molecular weight excluding hydrogens is 360 g/mol. The molecule has 2 aromatic rings. The quantitative estimate of drug-likeness (QED) is 0.738. The number of rotatable bonds is 5. The van der Waals surface area contributed by atoms with Crippen LogP contribution in [0.4, 0.5) is 10.5 Å². The van der Waals surface area contributed by atoms with E-state index in [1.54, 1.807) is 51.2 Å². The van der Waals surface area contributed by atoms with Crippen molar-refractivity contribution in [3.05, 3.63) is 54.4 Å². The number of ether oxygens (including phenoxy) is 1. The van der Waals surface area contributed by atoms with Crippen molar-refractivity contribution in [1.82, 2.24) is 9.99 Å². The molecule has 3 N–H and O–H groups in total. The third-order valence-corrected chi connectivity index (χ3v) is 4.16. The normalized spacial score (nSPS) is 14.7. The monoisotopic (exact) mass is 384 g/mol. The summed E-state index contributed by atoms with van der Waals surface area (Å²) in [6, 6.07) is 12.3. The maximum Gasteiger partial charge on any atom is 0.408 e. The largest absolute Gasteiger partial charge is 0.444 e. The van der Waals surface area contributed by atoms with E-state index in [1.165, 1.54) is 4.68 Å². The Hall–Kier alpha value is -3.29. The number of benzene rings is 1. The fourth-order valence-electron chi connectivity index (χ4n) is 2.63. The average Bonchev–Trinajstić information content (AvgIpc) is 3.23. The van der Waals surface area contributed by atoms with Crippen LogP contribution >= 0.6 is 0 Å². The molecule has 1 aromatic heterocycles. The van der Waals surface area contributed by atoms with Crippen LogP contribution in [0, 0.1) is 0 Å². The third kappa shape index (κ3) is 4.70. The molecule has 1 saturated carbocycles. The second-order valence-corrected chi connectivity index (χ2v) is 7.73. The second-order valence-electron chi connectivity index (χ2n) is 7.73. The number of para-hydroxylation sites is 1. The van der Waals surface area contributed by atoms with Gasteiger partial charge in [-0.1, -0.05) is 18.2 Å². The van der Waals surface area contributed by atoms with Gasteiger partial charge >= 0.3 is 6.09 Å². The van der Waals surface area contributed by atoms with Crippen molar-refractivity contribution in [3.63, 3.8) is 0 Å². The van der Waals surface area contributed by atoms with E-state index in [-0.39, 0.29) is 11.6 Å². The first-order valence-electron chi connectivity index (χ1n) is 9.05. The molecule has 0 atom stereocenters. The number of alkyl carbamates (subject to hydrolysis) is 1. The lowest BCUT2D eigenvalue weighted by Crippen LogP contribution is -2.49. The van der Waals surface area contributed by atoms with E-state index >= 15 is 0 Å². The summed E-state index contributed by atoms with van der Waals surface area (Å²) in [5.41, 5.74) is 1.93. The van der Waals surface area contributed by atoms with Crippen molar-refractivity contribution in [2.45, 2.75) is 44.8 Å². The smallest absolute Gasteiger partial charge is 0.408 e. The average molecular weight is 384 g/mol. The summed E-state index contributed by atoms with van der Waals surface area (Å²) in [7, 11) is 0. The summed E-state index contributed by atoms with van der Waals surface area (Å²) >= 11 is 0. The number of hydrogen-bond acceptors (Lipinski definition) is 4. The summed E-state index contributed by atoms with van der Waals surface area (Å²) in [6.07, 6.45) is 1.94. The van der Waals surface area contributed by atoms with E-state index < -0.39 is 23.1 Å². The number of anilines is 1. The molecule has 0 bridgehead atoms. The first-order chi connectivity index (χ1) is 13.2. The molecular formula is C20H24N4O4. The number of hydrogen-bond donors (Lipinski definition) is 3. The molecule has 1 aliphatic rings. The van der Waals surface area contributed by atoms with Gasteiger partial charge in [-0.2, -0.15) is 0 Å². The molecule has 148 valence electrons. The van der Waals surface area contributed by atoms with Gasteiger partial charge in [0.15, 0.2) is 0 Å². The molecule has 8 nitrogen and oxygen atoms in total. The number of carbonyl (C=O) groups is 3. The van der Waals surface area contributed by atoms with Crippen LogP contribution in [0.2, 0.25) is 0 Å². The molecule has 0 aliphatic heterocycles. The Labute approximate surface area is 163 Å². The molecule has 8 heteroatoms. The topological polar surface area (TPSA) is 101 Å². The molecule has 1 aromatic carbocycles. The van der Waals surface area contributed by atoms with Gasteiger partial charge in [-0.3, -0.25) is 19.7 Å². The maximum atomic E-state index is 12.7. The highest BCUT2D eigenvalue weighted by atomic mass is 16.6. The van der Waals surface area contributed by atoms with E-state index in [4.69, 9.17) is 4.74 Å². The molecule has 1 fully saturated rings. The van der Waals surface area contributed by atoms with Crippen LogP contribution in [0.5, 0.6) is 0 Å². The van der Waals surface area contributed by atoms with Gasteiger partial charge in [0.05, 0.1) is 0 Å². The highest BCUT2D eigenvalue weighted by Gasteiger charge is 2.52. The van der Waals surface area contributed by atoms with Gasteiger partial charge in [0.2, 0.25) is 0 Å². The van der Waals surface area contributed by atoms with E-state index in [0.717, 1.165) is 0 Å². The van der Waals surface area contributed by atoms with Crippen LogP contribution < -0.4 is 16.1 Å². The first kappa shape index (κ1) is 19.5. The number of carbonyl (C=O) groups excluding carboxylic acids is 3. The molecule has 0 spiro atoms. The summed E-state index contributed by atoms with van der Waals surface area (Å²) < 4.78 is 6.57. The van der Waals surface area contributed by atoms with Gasteiger partial charge < -0.3 is 15.4 Å². The van der Waals surface area contributed by atoms with Crippen molar-refractivity contribution in [2.75, 3.05) is 10.7 Å². The molecule has 0 radical (unpaired) electrons. The fraction of sp³-hybridized carbons (Fsp3) is 0.350. The predicted molar refractivity (Wildman–Crippen MR) is 105 cm³/mol. The zero-order valence-electron chi connectivity index (χ0n) is 16.1. The SMILES string of the molecule is CC(C)(C)OC(=O)NC1(C(=O)Nn2cccc2C(=O)Nc2ccccc2)CC1. The summed E-state index contributed by atoms with van der Waals surface area (Å²) in [6.45, 7) is 5.26. The predicted octanol–water partition coefficient (Wildman–Crippen LogP) is 2.87. The van der Waals surface area contributed by atoms with E-state index in [0.29, 0.717) is 18.5 Å². The lowest BCUT2D eigenvalue weighted by atomic mass is 10.2. The highest BCUT2D eigenvalue weighted by molar-refractivity contribution is 6.04. The Kier molecular flexibility index (Phi) is 5.13. The van der Waals surface area contributed by atoms with Gasteiger partial charge in [-0.05, 0) is 57.9 Å². The van der Waals surface area contributed by atoms with Gasteiger partial charge in [-0.15, -0.1) is 0 Å². The minimum atomic E-state index is -1.01. The molecule has 3 amide bonds. The fourth-order valence-corrected chi connectivity index (χ4v) is 2.63. The lowest BCUT2D eigenvalue weighted by molar-refractivity contribution is -0.120. The molecule has 28 heavy (non-hydrogen) atoms. The Morgan fingerprint density at radius 1 is 1.04 bits per heavy atom. The Bertz CT molecular complexity index is 879. The van der Waals surface area contributed by atoms with Crippen LogP contribution in [0.3, 0.4) is 0 Å². The van der Waals surface area contributed by atoms with Crippen LogP contribution in [0.25, 0.3) is 0 Å². The van der Waals surface area contributed by atoms with Gasteiger partial charge in [0, 0.05) is 11.9 Å². The zero-order chi connectivity index (χ0) is 20.4. The first-order valence-corrected chi connectivity index (χ1v) is 9.05. The molecule has 1 heterocycles. The Morgan fingerprint density at radius 2 is 1.71 bits per heavy atom. The van der Waals surface area contributed by atoms with Crippen molar-refractivity contribution >= 4 is 23.6 Å². The number of amides is 3. The molecule has 0 unspecified atom stereocenters. The lowest BCUT2D eigenvalue weighted by Gasteiger charge is -2.23. The molecule has 0 saturated heterocycles. The maximum absolute atomic E-state index is 12.7. The minimum absolute atomic E-state index is 0.269. The number of nitrogens with zero attached hydrogens (tertiary/aromatic N) is 1. The van der Waals surface area contributed by atoms with Crippen LogP contribution in [-0.2, 0) is 9.53 Å². The van der Waals surface area contributed by atoms with Crippen molar-refractivity contribution < 1.29 is 19.1 Å². The molecule has 1 aliphatic carbocycles. The second kappa shape index (κ2) is 7.38. The molecule has 3 rings (SSSR count). The third-order valence-electron chi connectivity index (χ3n) is 4.16. The van der Waals surface area contributed by atoms with Crippen LogP contribution in [0.15, 0.2) is 48.7 Å². The van der Waals surface area contributed by atoms with Crippen LogP contribution in [0.1, 0.15) is 44.1 Å². The van der Waals surface area contributed by atoms with Gasteiger partial charge in [-0.25, -0.2) is 4.79 Å². The van der Waals surface area contributed by atoms with E-state index in [9.17, 15) is 14.4 Å². The summed E-state index contributed by atoms with van der Waals surface area (Å²) in [5.74, 6) is -0.759. The minimum Gasteiger partial charge on any atom is -0.444 e. The summed E-state index contributed by atoms with van der Waals surface area (Å²) in [5, 5.41) is 5.41. The van der Waals surface area contributed by atoms with Gasteiger partial charge in [0.25, 0.3) is 11.8 Å². The number of nitrogens with one attached hydrogen (secondary N) is 3. The zero-order valence-corrected chi connectivity index (χ0v) is 16.1. The number of aromatic nitrogens is 1. The Balaban J connectivity index is 1.64. The highest BCUT2D eigenvalue weighted by Crippen LogP contribution is 2.36. The van der Waals surface area contributed by atoms with E-state index in [2.05, 4.69) is 16.1 Å². The van der Waals surface area contributed by atoms with Crippen molar-refractivity contribution in [2.24, 2.45) is 0 Å².